The van der Waals surface area contributed by atoms with Gasteiger partial charge in [-0.25, -0.2) is 0 Å². The molecule has 0 aliphatic carbocycles. The Morgan fingerprint density at radius 1 is 1.11 bits per heavy atom. The molecule has 0 bridgehead atoms. The maximum atomic E-state index is 13.2. The van der Waals surface area contributed by atoms with E-state index >= 15 is 0 Å². The predicted molar refractivity (Wildman–Crippen MR) is 106 cm³/mol. The van der Waals surface area contributed by atoms with Gasteiger partial charge in [0.15, 0.2) is 5.57 Å². The van der Waals surface area contributed by atoms with Crippen LogP contribution in [0.4, 0.5) is 0 Å². The quantitative estimate of drug-likeness (QED) is 0.403. The molecule has 0 saturated heterocycles. The van der Waals surface area contributed by atoms with Crippen LogP contribution in [0.15, 0.2) is 83.2 Å². The van der Waals surface area contributed by atoms with Gasteiger partial charge in [-0.05, 0) is 53.9 Å². The third-order valence-corrected chi connectivity index (χ3v) is 4.83. The summed E-state index contributed by atoms with van der Waals surface area (Å²) in [5, 5.41) is 21.0. The largest absolute Gasteiger partial charge is 0.312 e. The fourth-order valence-corrected chi connectivity index (χ4v) is 3.28. The van der Waals surface area contributed by atoms with E-state index < -0.39 is 0 Å². The Bertz CT molecular complexity index is 1050. The average Bonchev–Trinajstić information content (AvgIpc) is 3.21. The molecule has 0 fully saturated rings. The lowest BCUT2D eigenvalue weighted by molar-refractivity contribution is 0.101. The molecule has 27 heavy (non-hydrogen) atoms. The first-order valence-corrected chi connectivity index (χ1v) is 9.14. The minimum atomic E-state index is -0.243. The molecule has 1 aliphatic heterocycles. The van der Waals surface area contributed by atoms with Crippen molar-refractivity contribution >= 4 is 34.8 Å². The zero-order chi connectivity index (χ0) is 19.2. The molecule has 0 spiro atoms. The minimum absolute atomic E-state index is 0.0726. The number of rotatable bonds is 4. The highest BCUT2D eigenvalue weighted by Crippen LogP contribution is 2.27. The molecule has 2 aromatic rings. The third-order valence-electron chi connectivity index (χ3n) is 3.76. The summed E-state index contributed by atoms with van der Waals surface area (Å²) in [6, 6.07) is 14.2. The molecule has 4 nitrogen and oxygen atoms in total. The Hall–Kier alpha value is -3.38. The van der Waals surface area contributed by atoms with Gasteiger partial charge >= 0.3 is 0 Å². The van der Waals surface area contributed by atoms with E-state index in [-0.39, 0.29) is 11.4 Å². The van der Waals surface area contributed by atoms with Gasteiger partial charge in [-0.15, -0.1) is 11.3 Å². The second-order valence-electron chi connectivity index (χ2n) is 5.44. The Morgan fingerprint density at radius 3 is 2.48 bits per heavy atom. The number of ketones is 1. The molecule has 0 unspecified atom stereocenters. The summed E-state index contributed by atoms with van der Waals surface area (Å²) >= 11 is 7.41. The van der Waals surface area contributed by atoms with Crippen LogP contribution in [0.25, 0.3) is 6.08 Å². The Morgan fingerprint density at radius 2 is 1.85 bits per heavy atom. The van der Waals surface area contributed by atoms with Crippen LogP contribution in [0.2, 0.25) is 5.02 Å². The van der Waals surface area contributed by atoms with E-state index in [0.29, 0.717) is 22.0 Å². The van der Waals surface area contributed by atoms with Crippen molar-refractivity contribution in [2.75, 3.05) is 0 Å². The molecule has 3 rings (SSSR count). The molecular weight excluding hydrogens is 378 g/mol. The number of halogens is 1. The van der Waals surface area contributed by atoms with Crippen LogP contribution in [-0.2, 0) is 0 Å². The Kier molecular flexibility index (Phi) is 5.68. The van der Waals surface area contributed by atoms with E-state index in [1.807, 2.05) is 29.7 Å². The summed E-state index contributed by atoms with van der Waals surface area (Å²) in [5.74, 6) is -0.243. The Labute approximate surface area is 165 Å². The second kappa shape index (κ2) is 8.33. The van der Waals surface area contributed by atoms with Crippen molar-refractivity contribution in [3.8, 4) is 12.1 Å². The van der Waals surface area contributed by atoms with Crippen molar-refractivity contribution in [3.05, 3.63) is 98.6 Å². The molecule has 0 radical (unpaired) electrons. The lowest BCUT2D eigenvalue weighted by atomic mass is 10.0. The van der Waals surface area contributed by atoms with E-state index in [9.17, 15) is 15.3 Å². The third kappa shape index (κ3) is 4.07. The van der Waals surface area contributed by atoms with Gasteiger partial charge in [-0.2, -0.15) is 10.5 Å². The zero-order valence-electron chi connectivity index (χ0n) is 14.0. The number of carbonyl (C=O) groups is 1. The fourth-order valence-electron chi connectivity index (χ4n) is 2.50. The summed E-state index contributed by atoms with van der Waals surface area (Å²) in [6.45, 7) is 0. The SMILES string of the molecule is N#CC(C#N)=C1C=CC=CN1C(=Cc1cccs1)C(=O)c1ccc(Cl)cc1. The van der Waals surface area contributed by atoms with E-state index in [4.69, 9.17) is 11.6 Å². The van der Waals surface area contributed by atoms with Gasteiger partial charge in [0.05, 0.1) is 11.4 Å². The topological polar surface area (TPSA) is 67.9 Å². The molecule has 0 N–H and O–H groups in total. The van der Waals surface area contributed by atoms with Gasteiger partial charge in [0.1, 0.15) is 12.1 Å². The number of allylic oxidation sites excluding steroid dienone is 5. The van der Waals surface area contributed by atoms with Gasteiger partial charge in [-0.3, -0.25) is 4.79 Å². The van der Waals surface area contributed by atoms with E-state index in [1.54, 1.807) is 59.7 Å². The smallest absolute Gasteiger partial charge is 0.209 e. The second-order valence-corrected chi connectivity index (χ2v) is 6.85. The highest BCUT2D eigenvalue weighted by atomic mass is 35.5. The molecule has 1 aliphatic rings. The minimum Gasteiger partial charge on any atom is -0.312 e. The number of thiophene rings is 1. The summed E-state index contributed by atoms with van der Waals surface area (Å²) < 4.78 is 0. The molecule has 1 aromatic carbocycles. The maximum absolute atomic E-state index is 13.2. The predicted octanol–water partition coefficient (Wildman–Crippen LogP) is 5.31. The molecule has 1 aromatic heterocycles. The van der Waals surface area contributed by atoms with Crippen LogP contribution < -0.4 is 0 Å². The van der Waals surface area contributed by atoms with E-state index in [1.165, 1.54) is 11.3 Å². The first-order chi connectivity index (χ1) is 13.1. The molecular formula is C21H12ClN3OS. The maximum Gasteiger partial charge on any atom is 0.209 e. The van der Waals surface area contributed by atoms with Crippen LogP contribution in [0.3, 0.4) is 0 Å². The van der Waals surface area contributed by atoms with Gasteiger partial charge < -0.3 is 4.90 Å². The first kappa shape index (κ1) is 18.4. The Balaban J connectivity index is 2.15. The number of hydrogen-bond acceptors (Lipinski definition) is 5. The van der Waals surface area contributed by atoms with Crippen molar-refractivity contribution < 1.29 is 4.79 Å². The summed E-state index contributed by atoms with van der Waals surface area (Å²) in [5.41, 5.74) is 1.07. The highest BCUT2D eigenvalue weighted by molar-refractivity contribution is 7.10. The number of nitriles is 2. The first-order valence-electron chi connectivity index (χ1n) is 7.88. The summed E-state index contributed by atoms with van der Waals surface area (Å²) in [6.07, 6.45) is 8.51. The zero-order valence-corrected chi connectivity index (χ0v) is 15.5. The number of carbonyl (C=O) groups excluding carboxylic acids is 1. The molecule has 0 amide bonds. The normalized spacial score (nSPS) is 13.2. The van der Waals surface area contributed by atoms with Crippen LogP contribution >= 0.6 is 22.9 Å². The van der Waals surface area contributed by atoms with Crippen molar-refractivity contribution in [1.29, 1.82) is 10.5 Å². The number of hydrogen-bond donors (Lipinski definition) is 0. The van der Waals surface area contributed by atoms with Crippen LogP contribution in [-0.4, -0.2) is 10.7 Å². The molecule has 0 saturated carbocycles. The number of nitrogens with zero attached hydrogens (tertiary/aromatic N) is 3. The monoisotopic (exact) mass is 389 g/mol. The van der Waals surface area contributed by atoms with Gasteiger partial charge in [0.25, 0.3) is 0 Å². The van der Waals surface area contributed by atoms with Crippen LogP contribution in [0, 0.1) is 22.7 Å². The van der Waals surface area contributed by atoms with Crippen molar-refractivity contribution in [1.82, 2.24) is 4.90 Å². The fraction of sp³-hybridized carbons (Fsp3) is 0. The standard InChI is InChI=1S/C21H12ClN3OS/c22-17-8-6-15(7-9-17)21(26)20(12-18-4-3-11-27-18)25-10-2-1-5-19(25)16(13-23)14-24/h1-12H. The van der Waals surface area contributed by atoms with Crippen LogP contribution in [0.5, 0.6) is 0 Å². The summed E-state index contributed by atoms with van der Waals surface area (Å²) in [4.78, 5) is 15.7. The number of Topliss-reactive ketones (excluding diaryl/α,β-unsaturated/α-hetero) is 1. The lowest BCUT2D eigenvalue weighted by Gasteiger charge is -2.26. The lowest BCUT2D eigenvalue weighted by Crippen LogP contribution is -2.24. The van der Waals surface area contributed by atoms with Gasteiger partial charge in [-0.1, -0.05) is 23.7 Å². The van der Waals surface area contributed by atoms with Crippen molar-refractivity contribution in [3.63, 3.8) is 0 Å². The highest BCUT2D eigenvalue weighted by Gasteiger charge is 2.23. The van der Waals surface area contributed by atoms with Gasteiger partial charge in [0, 0.05) is 21.7 Å². The van der Waals surface area contributed by atoms with Crippen LogP contribution in [0.1, 0.15) is 15.2 Å². The van der Waals surface area contributed by atoms with Gasteiger partial charge in [0.2, 0.25) is 5.78 Å². The van der Waals surface area contributed by atoms with E-state index in [0.717, 1.165) is 4.88 Å². The number of benzene rings is 1. The van der Waals surface area contributed by atoms with Crippen molar-refractivity contribution in [2.24, 2.45) is 0 Å². The molecule has 0 atom stereocenters. The average molecular weight is 390 g/mol. The molecule has 6 heteroatoms. The van der Waals surface area contributed by atoms with Crippen molar-refractivity contribution in [2.45, 2.75) is 0 Å². The molecule has 2 heterocycles. The summed E-state index contributed by atoms with van der Waals surface area (Å²) in [7, 11) is 0. The van der Waals surface area contributed by atoms with E-state index in [2.05, 4.69) is 0 Å². The molecule has 130 valence electrons.